The van der Waals surface area contributed by atoms with Gasteiger partial charge in [0.25, 0.3) is 0 Å². The van der Waals surface area contributed by atoms with E-state index in [1.807, 2.05) is 48.5 Å². The molecule has 0 bridgehead atoms. The number of benzene rings is 2. The van der Waals surface area contributed by atoms with Gasteiger partial charge in [0, 0.05) is 27.7 Å². The third-order valence-corrected chi connectivity index (χ3v) is 3.83. The van der Waals surface area contributed by atoms with Crippen molar-refractivity contribution in [3.8, 4) is 0 Å². The molecule has 0 saturated heterocycles. The summed E-state index contributed by atoms with van der Waals surface area (Å²) in [6.45, 7) is 0. The van der Waals surface area contributed by atoms with E-state index < -0.39 is 0 Å². The van der Waals surface area contributed by atoms with Crippen molar-refractivity contribution in [3.05, 3.63) is 57.5 Å². The maximum absolute atomic E-state index is 3.33. The molecule has 0 saturated carbocycles. The van der Waals surface area contributed by atoms with Gasteiger partial charge >= 0.3 is 130 Å². The van der Waals surface area contributed by atoms with Crippen LogP contribution in [0.2, 0.25) is 0 Å². The van der Waals surface area contributed by atoms with Crippen LogP contribution in [-0.2, 0) is 27.7 Å². The molecule has 0 spiro atoms. The Morgan fingerprint density at radius 2 is 0.824 bits per heavy atom. The molecular weight excluding hydrogens is 662 g/mol. The molecule has 0 aliphatic heterocycles. The molecule has 0 unspecified atom stereocenters. The fourth-order valence-electron chi connectivity index (χ4n) is 0.869. The second kappa shape index (κ2) is 10.2. The molecule has 5 heteroatoms. The molecule has 0 atom stereocenters. The topological polar surface area (TPSA) is 0 Å². The van der Waals surface area contributed by atoms with Crippen LogP contribution in [0.3, 0.4) is 0 Å². The average molecular weight is 671 g/mol. The van der Waals surface area contributed by atoms with E-state index in [2.05, 4.69) is 63.9 Å². The van der Waals surface area contributed by atoms with Gasteiger partial charge in [-0.15, -0.1) is 0 Å². The molecule has 0 N–H and O–H groups in total. The molecule has 0 heterocycles. The molecule has 0 nitrogen and oxygen atoms in total. The second-order valence-corrected chi connectivity index (χ2v) is 6.72. The number of hydrogen-bond acceptors (Lipinski definition) is 0. The van der Waals surface area contributed by atoms with Gasteiger partial charge in [0.05, 0.1) is 0 Å². The Balaban J connectivity index is 0.000000284. The summed E-state index contributed by atoms with van der Waals surface area (Å²) >= 11 is 12.5. The van der Waals surface area contributed by atoms with Crippen molar-refractivity contribution in [2.24, 2.45) is 0 Å². The van der Waals surface area contributed by atoms with E-state index in [0.29, 0.717) is 0 Å². The van der Waals surface area contributed by atoms with Gasteiger partial charge in [0.1, 0.15) is 0 Å². The monoisotopic (exact) mass is 672 g/mol. The summed E-state index contributed by atoms with van der Waals surface area (Å²) in [7, 11) is 0. The van der Waals surface area contributed by atoms with Crippen LogP contribution in [0.15, 0.2) is 57.5 Å². The third kappa shape index (κ3) is 8.99. The standard InChI is InChI=1S/2C6H4BrSe.Hg/c2*7-5-1-3-6(8)4-2-5;/h2*1-4H;. The van der Waals surface area contributed by atoms with E-state index >= 15 is 0 Å². The van der Waals surface area contributed by atoms with Crippen LogP contribution in [0.1, 0.15) is 0 Å². The summed E-state index contributed by atoms with van der Waals surface area (Å²) in [4.78, 5) is 0. The van der Waals surface area contributed by atoms with Crippen molar-refractivity contribution in [2.45, 2.75) is 0 Å². The number of halogens is 2. The molecule has 0 aliphatic rings. The zero-order chi connectivity index (χ0) is 12.0. The average Bonchev–Trinajstić information content (AvgIpc) is 2.28. The van der Waals surface area contributed by atoms with Crippen LogP contribution in [0, 0.1) is 0 Å². The van der Waals surface area contributed by atoms with E-state index in [9.17, 15) is 0 Å². The molecule has 2 rings (SSSR count). The van der Waals surface area contributed by atoms with Crippen LogP contribution < -0.4 is 8.92 Å². The molecule has 2 aromatic rings. The van der Waals surface area contributed by atoms with Gasteiger partial charge in [-0.05, 0) is 0 Å². The summed E-state index contributed by atoms with van der Waals surface area (Å²) < 4.78 is 4.59. The van der Waals surface area contributed by atoms with E-state index in [4.69, 9.17) is 0 Å². The van der Waals surface area contributed by atoms with Crippen LogP contribution in [0.5, 0.6) is 0 Å². The van der Waals surface area contributed by atoms with Crippen LogP contribution in [0.4, 0.5) is 0 Å². The normalized spacial score (nSPS) is 8.59. The van der Waals surface area contributed by atoms with Gasteiger partial charge in [-0.25, -0.2) is 0 Å². The Morgan fingerprint density at radius 1 is 0.588 bits per heavy atom. The molecule has 2 aromatic carbocycles. The number of hydrogen-bond donors (Lipinski definition) is 0. The van der Waals surface area contributed by atoms with Crippen LogP contribution in [0.25, 0.3) is 0 Å². The first-order valence-electron chi connectivity index (χ1n) is 4.43. The number of rotatable bonds is 0. The van der Waals surface area contributed by atoms with Crippen LogP contribution in [-0.4, -0.2) is 32.0 Å². The second-order valence-electron chi connectivity index (χ2n) is 2.91. The molecule has 0 aliphatic carbocycles. The zero-order valence-electron chi connectivity index (χ0n) is 8.90. The summed E-state index contributed by atoms with van der Waals surface area (Å²) in [6, 6.07) is 16.1. The van der Waals surface area contributed by atoms with Gasteiger partial charge in [-0.3, -0.25) is 0 Å². The summed E-state index contributed by atoms with van der Waals surface area (Å²) in [5.41, 5.74) is 0. The fourth-order valence-corrected chi connectivity index (χ4v) is 1.97. The molecule has 84 valence electrons. The molecule has 0 aromatic heterocycles. The van der Waals surface area contributed by atoms with Crippen molar-refractivity contribution in [3.63, 3.8) is 0 Å². The minimum absolute atomic E-state index is 0. The Morgan fingerprint density at radius 3 is 1.00 bits per heavy atom. The molecular formula is C12H8Br2HgSe2. The molecule has 0 amide bonds. The van der Waals surface area contributed by atoms with Crippen molar-refractivity contribution in [1.29, 1.82) is 0 Å². The predicted molar refractivity (Wildman–Crippen MR) is 79.1 cm³/mol. The van der Waals surface area contributed by atoms with Gasteiger partial charge < -0.3 is 0 Å². The van der Waals surface area contributed by atoms with Crippen LogP contribution >= 0.6 is 31.9 Å². The first-order valence-corrected chi connectivity index (χ1v) is 7.73. The quantitative estimate of drug-likeness (QED) is 0.379. The third-order valence-electron chi connectivity index (χ3n) is 1.63. The summed E-state index contributed by atoms with van der Waals surface area (Å²) in [5.74, 6) is 0. The van der Waals surface area contributed by atoms with Crippen molar-refractivity contribution >= 4 is 72.8 Å². The SMILES string of the molecule is [Hg].[Se]c1ccc(Br)cc1.[Se]c1ccc(Br)cc1. The van der Waals surface area contributed by atoms with Gasteiger partial charge in [-0.1, -0.05) is 0 Å². The van der Waals surface area contributed by atoms with E-state index in [-0.39, 0.29) is 27.7 Å². The Hall–Kier alpha value is 1.37. The first-order chi connectivity index (χ1) is 7.58. The van der Waals surface area contributed by atoms with Crippen molar-refractivity contribution in [2.75, 3.05) is 0 Å². The van der Waals surface area contributed by atoms with Crippen molar-refractivity contribution in [1.82, 2.24) is 0 Å². The zero-order valence-corrected chi connectivity index (χ0v) is 21.0. The Labute approximate surface area is 156 Å². The predicted octanol–water partition coefficient (Wildman–Crippen LogP) is 2.48. The van der Waals surface area contributed by atoms with E-state index in [1.54, 1.807) is 0 Å². The molecule has 17 heavy (non-hydrogen) atoms. The summed E-state index contributed by atoms with van der Waals surface area (Å²) in [6.07, 6.45) is 0. The van der Waals surface area contributed by atoms with Gasteiger partial charge in [0.15, 0.2) is 0 Å². The van der Waals surface area contributed by atoms with E-state index in [0.717, 1.165) is 8.95 Å². The fraction of sp³-hybridized carbons (Fsp3) is 0. The maximum atomic E-state index is 3.33. The summed E-state index contributed by atoms with van der Waals surface area (Å²) in [5, 5.41) is 0. The Kier molecular flexibility index (Phi) is 11.0. The first kappa shape index (κ1) is 18.4. The van der Waals surface area contributed by atoms with Gasteiger partial charge in [0.2, 0.25) is 0 Å². The van der Waals surface area contributed by atoms with E-state index in [1.165, 1.54) is 8.92 Å². The van der Waals surface area contributed by atoms with Gasteiger partial charge in [-0.2, -0.15) is 0 Å². The Bertz CT molecular complexity index is 344. The molecule has 0 fully saturated rings. The minimum atomic E-state index is 0. The molecule has 2 radical (unpaired) electrons. The van der Waals surface area contributed by atoms with Crippen molar-refractivity contribution < 1.29 is 27.7 Å².